The number of carbonyl (C=O) groups excluding carboxylic acids is 2. The number of fused-ring (bicyclic) bond motifs is 7. The monoisotopic (exact) mass is 546 g/mol. The van der Waals surface area contributed by atoms with Gasteiger partial charge < -0.3 is 25.2 Å². The van der Waals surface area contributed by atoms with Gasteiger partial charge in [0.05, 0.1) is 36.8 Å². The third-order valence-electron chi connectivity index (χ3n) is 13.3. The summed E-state index contributed by atoms with van der Waals surface area (Å²) < 4.78 is 5.14. The number of hydrogen-bond acceptors (Lipinski definition) is 7. The van der Waals surface area contributed by atoms with Crippen molar-refractivity contribution >= 4 is 17.7 Å². The zero-order valence-electron chi connectivity index (χ0n) is 24.2. The fourth-order valence-corrected chi connectivity index (χ4v) is 10.9. The van der Waals surface area contributed by atoms with E-state index in [1.54, 1.807) is 6.08 Å². The molecule has 0 radical (unpaired) electrons. The topological polar surface area (TPSA) is 141 Å². The molecule has 0 spiro atoms. The predicted octanol–water partition coefficient (Wildman–Crippen LogP) is 3.51. The van der Waals surface area contributed by atoms with Crippen LogP contribution in [0.15, 0.2) is 11.6 Å². The molecule has 0 aromatic carbocycles. The summed E-state index contributed by atoms with van der Waals surface area (Å²) in [5, 5.41) is 42.9. The van der Waals surface area contributed by atoms with Crippen LogP contribution >= 0.6 is 0 Å². The van der Waals surface area contributed by atoms with Crippen molar-refractivity contribution in [2.45, 2.75) is 98.2 Å². The second-order valence-electron chi connectivity index (χ2n) is 14.9. The van der Waals surface area contributed by atoms with E-state index >= 15 is 0 Å². The molecule has 0 aliphatic heterocycles. The summed E-state index contributed by atoms with van der Waals surface area (Å²) in [6.07, 6.45) is 3.45. The van der Waals surface area contributed by atoms with Gasteiger partial charge in [-0.15, -0.1) is 0 Å². The Morgan fingerprint density at radius 1 is 1.00 bits per heavy atom. The van der Waals surface area contributed by atoms with E-state index in [9.17, 15) is 34.8 Å². The van der Waals surface area contributed by atoms with E-state index in [0.717, 1.165) is 5.57 Å². The van der Waals surface area contributed by atoms with E-state index in [-0.39, 0.29) is 30.7 Å². The van der Waals surface area contributed by atoms with Crippen LogP contribution in [0, 0.1) is 50.2 Å². The van der Waals surface area contributed by atoms with Crippen molar-refractivity contribution in [3.05, 3.63) is 11.6 Å². The Labute approximate surface area is 231 Å². The summed E-state index contributed by atoms with van der Waals surface area (Å²) in [7, 11) is 1.36. The molecule has 0 saturated heterocycles. The number of ether oxygens (including phenoxy) is 1. The van der Waals surface area contributed by atoms with Gasteiger partial charge in [0.1, 0.15) is 0 Å². The fraction of sp³-hybridized carbons (Fsp3) is 0.839. The number of rotatable bonds is 3. The van der Waals surface area contributed by atoms with Crippen LogP contribution in [0.4, 0.5) is 0 Å². The number of aliphatic hydroxyl groups is 3. The van der Waals surface area contributed by atoms with Crippen molar-refractivity contribution in [3.63, 3.8) is 0 Å². The normalized spacial score (nSPS) is 52.9. The van der Waals surface area contributed by atoms with Gasteiger partial charge in [0, 0.05) is 11.3 Å². The lowest BCUT2D eigenvalue weighted by Crippen LogP contribution is -2.69. The first-order chi connectivity index (χ1) is 18.0. The molecule has 4 N–H and O–H groups in total. The Kier molecular flexibility index (Phi) is 6.35. The highest BCUT2D eigenvalue weighted by molar-refractivity contribution is 5.96. The largest absolute Gasteiger partial charge is 0.481 e. The molecule has 0 amide bonds. The van der Waals surface area contributed by atoms with Crippen molar-refractivity contribution in [2.75, 3.05) is 13.7 Å². The van der Waals surface area contributed by atoms with E-state index in [0.29, 0.717) is 44.9 Å². The molecule has 0 bridgehead atoms. The molecule has 11 unspecified atom stereocenters. The minimum absolute atomic E-state index is 0.0624. The van der Waals surface area contributed by atoms with Gasteiger partial charge in [-0.2, -0.15) is 0 Å². The van der Waals surface area contributed by atoms with Crippen molar-refractivity contribution in [2.24, 2.45) is 50.2 Å². The van der Waals surface area contributed by atoms with E-state index in [2.05, 4.69) is 13.8 Å². The Morgan fingerprint density at radius 2 is 1.64 bits per heavy atom. The van der Waals surface area contributed by atoms with Gasteiger partial charge in [0.15, 0.2) is 5.78 Å². The summed E-state index contributed by atoms with van der Waals surface area (Å²) in [5.74, 6) is -2.33. The zero-order chi connectivity index (χ0) is 29.0. The maximum atomic E-state index is 14.4. The van der Waals surface area contributed by atoms with Crippen LogP contribution in [0.1, 0.15) is 86.0 Å². The minimum atomic E-state index is -1.07. The Morgan fingerprint density at radius 3 is 2.23 bits per heavy atom. The molecule has 5 aliphatic rings. The molecule has 8 nitrogen and oxygen atoms in total. The Bertz CT molecular complexity index is 1130. The molecule has 5 rings (SSSR count). The van der Waals surface area contributed by atoms with Crippen molar-refractivity contribution < 1.29 is 39.5 Å². The standard InChI is InChI=1S/C31H46O8/c1-26(25(38)39-6)9-11-31(24(36)37)12-10-29(4)17(18(31)14-26)13-19(33)22-27(2)15-20(34)23(35)28(3,16-32)21(27)7-8-30(22,29)5/h13,18,20-23,32,34-35H,7-12,14-16H2,1-6H3,(H,36,37). The molecule has 5 aliphatic carbocycles. The number of carbonyl (C=O) groups is 3. The number of ketones is 1. The van der Waals surface area contributed by atoms with Gasteiger partial charge in [0.2, 0.25) is 0 Å². The predicted molar refractivity (Wildman–Crippen MR) is 142 cm³/mol. The van der Waals surface area contributed by atoms with Crippen molar-refractivity contribution in [1.29, 1.82) is 0 Å². The summed E-state index contributed by atoms with van der Waals surface area (Å²) in [6, 6.07) is 0. The van der Waals surface area contributed by atoms with Crippen LogP contribution in [-0.2, 0) is 19.1 Å². The van der Waals surface area contributed by atoms with Crippen LogP contribution in [0.3, 0.4) is 0 Å². The molecule has 218 valence electrons. The first-order valence-corrected chi connectivity index (χ1v) is 14.6. The average Bonchev–Trinajstić information content (AvgIpc) is 2.87. The second kappa shape index (κ2) is 8.62. The smallest absolute Gasteiger partial charge is 0.311 e. The number of methoxy groups -OCH3 is 1. The molecule has 39 heavy (non-hydrogen) atoms. The number of carboxylic acids is 1. The van der Waals surface area contributed by atoms with E-state index in [1.807, 2.05) is 20.8 Å². The van der Waals surface area contributed by atoms with Gasteiger partial charge in [-0.05, 0) is 92.4 Å². The number of esters is 1. The zero-order valence-corrected chi connectivity index (χ0v) is 24.2. The van der Waals surface area contributed by atoms with Gasteiger partial charge in [-0.3, -0.25) is 14.4 Å². The number of carboxylic acid groups (broad SMARTS) is 1. The number of aliphatic carboxylic acids is 1. The van der Waals surface area contributed by atoms with Gasteiger partial charge in [0.25, 0.3) is 0 Å². The summed E-state index contributed by atoms with van der Waals surface area (Å²) in [6.45, 7) is 9.77. The van der Waals surface area contributed by atoms with Gasteiger partial charge in [-0.1, -0.05) is 33.3 Å². The number of aliphatic hydroxyl groups excluding tert-OH is 3. The van der Waals surface area contributed by atoms with Gasteiger partial charge >= 0.3 is 11.9 Å². The second-order valence-corrected chi connectivity index (χ2v) is 14.9. The third-order valence-corrected chi connectivity index (χ3v) is 13.3. The van der Waals surface area contributed by atoms with E-state index < -0.39 is 62.5 Å². The van der Waals surface area contributed by atoms with Crippen molar-refractivity contribution in [3.8, 4) is 0 Å². The summed E-state index contributed by atoms with van der Waals surface area (Å²) in [4.78, 5) is 40.1. The molecule has 4 fully saturated rings. The lowest BCUT2D eigenvalue weighted by Gasteiger charge is -2.70. The molecule has 11 atom stereocenters. The lowest BCUT2D eigenvalue weighted by molar-refractivity contribution is -0.239. The molecule has 0 heterocycles. The highest BCUT2D eigenvalue weighted by Crippen LogP contribution is 2.75. The highest BCUT2D eigenvalue weighted by Gasteiger charge is 2.72. The van der Waals surface area contributed by atoms with Crippen LogP contribution in [0.5, 0.6) is 0 Å². The maximum absolute atomic E-state index is 14.4. The molecule has 4 saturated carbocycles. The third kappa shape index (κ3) is 3.37. The SMILES string of the molecule is COC(=O)C1(C)CCC2(C(=O)O)CCC3(C)C(=CC(=O)C4C5(C)CC(O)C(O)C(C)(CO)C5CCC43C)C2C1. The molecule has 8 heteroatoms. The highest BCUT2D eigenvalue weighted by atomic mass is 16.5. The Hall–Kier alpha value is -1.77. The summed E-state index contributed by atoms with van der Waals surface area (Å²) in [5.41, 5.74) is -3.57. The Balaban J connectivity index is 1.66. The van der Waals surface area contributed by atoms with Gasteiger partial charge in [-0.25, -0.2) is 0 Å². The van der Waals surface area contributed by atoms with Crippen LogP contribution < -0.4 is 0 Å². The van der Waals surface area contributed by atoms with Crippen LogP contribution in [-0.4, -0.2) is 64.1 Å². The molecule has 0 aromatic heterocycles. The first-order valence-electron chi connectivity index (χ1n) is 14.6. The average molecular weight is 547 g/mol. The number of hydrogen-bond donors (Lipinski definition) is 4. The van der Waals surface area contributed by atoms with E-state index in [1.165, 1.54) is 7.11 Å². The molecular weight excluding hydrogens is 500 g/mol. The fourth-order valence-electron chi connectivity index (χ4n) is 10.9. The van der Waals surface area contributed by atoms with Crippen LogP contribution in [0.2, 0.25) is 0 Å². The van der Waals surface area contributed by atoms with Crippen LogP contribution in [0.25, 0.3) is 0 Å². The number of allylic oxidation sites excluding steroid dienone is 2. The minimum Gasteiger partial charge on any atom is -0.481 e. The van der Waals surface area contributed by atoms with E-state index in [4.69, 9.17) is 4.74 Å². The quantitative estimate of drug-likeness (QED) is 0.394. The molecular formula is C31H46O8. The summed E-state index contributed by atoms with van der Waals surface area (Å²) >= 11 is 0. The first kappa shape index (κ1) is 28.7. The maximum Gasteiger partial charge on any atom is 0.311 e. The van der Waals surface area contributed by atoms with Crippen molar-refractivity contribution in [1.82, 2.24) is 0 Å². The molecule has 0 aromatic rings. The lowest BCUT2D eigenvalue weighted by atomic mass is 9.33.